The molecule has 0 radical (unpaired) electrons. The van der Waals surface area contributed by atoms with Gasteiger partial charge in [0.1, 0.15) is 5.75 Å². The summed E-state index contributed by atoms with van der Waals surface area (Å²) in [7, 11) is 0. The van der Waals surface area contributed by atoms with Crippen LogP contribution in [-0.2, 0) is 22.6 Å². The molecule has 3 N–H and O–H groups in total. The smallest absolute Gasteiger partial charge is 0.290 e. The summed E-state index contributed by atoms with van der Waals surface area (Å²) in [5, 5.41) is 7.86. The van der Waals surface area contributed by atoms with E-state index in [1.54, 1.807) is 30.3 Å². The van der Waals surface area contributed by atoms with Crippen molar-refractivity contribution in [3.8, 4) is 5.75 Å². The summed E-state index contributed by atoms with van der Waals surface area (Å²) in [4.78, 5) is 48.9. The lowest BCUT2D eigenvalue weighted by Crippen LogP contribution is -2.42. The van der Waals surface area contributed by atoms with Crippen molar-refractivity contribution in [2.24, 2.45) is 0 Å². The van der Waals surface area contributed by atoms with Crippen LogP contribution in [-0.4, -0.2) is 34.1 Å². The average molecular weight is 478 g/mol. The largest absolute Gasteiger partial charge is 0.494 e. The van der Waals surface area contributed by atoms with E-state index in [0.29, 0.717) is 55.4 Å². The maximum absolute atomic E-state index is 12.7. The molecule has 1 aliphatic rings. The third-order valence-corrected chi connectivity index (χ3v) is 5.62. The Morgan fingerprint density at radius 3 is 2.69 bits per heavy atom. The highest BCUT2D eigenvalue weighted by Gasteiger charge is 2.17. The van der Waals surface area contributed by atoms with Crippen molar-refractivity contribution in [3.63, 3.8) is 0 Å². The first kappa shape index (κ1) is 23.9. The number of fused-ring (bicyclic) bond motifs is 2. The summed E-state index contributed by atoms with van der Waals surface area (Å²) in [6.45, 7) is 2.62. The number of nitrogens with zero attached hydrogens (tertiary/aromatic N) is 2. The number of anilines is 1. The van der Waals surface area contributed by atoms with Crippen LogP contribution >= 0.6 is 0 Å². The second-order valence-corrected chi connectivity index (χ2v) is 8.24. The van der Waals surface area contributed by atoms with E-state index in [-0.39, 0.29) is 29.5 Å². The second-order valence-electron chi connectivity index (χ2n) is 8.24. The van der Waals surface area contributed by atoms with E-state index in [2.05, 4.69) is 21.3 Å². The number of ether oxygens (including phenoxy) is 1. The van der Waals surface area contributed by atoms with Crippen molar-refractivity contribution in [2.45, 2.75) is 45.6 Å². The van der Waals surface area contributed by atoms with E-state index < -0.39 is 5.91 Å². The minimum atomic E-state index is -0.600. The van der Waals surface area contributed by atoms with Gasteiger partial charge in [-0.2, -0.15) is 5.10 Å². The maximum Gasteiger partial charge on any atom is 0.290 e. The molecule has 2 aromatic carbocycles. The topological polar surface area (TPSA) is 131 Å². The molecule has 0 saturated heterocycles. The molecule has 10 nitrogen and oxygen atoms in total. The van der Waals surface area contributed by atoms with Gasteiger partial charge in [-0.1, -0.05) is 25.1 Å². The molecule has 1 aliphatic heterocycles. The first-order valence-electron chi connectivity index (χ1n) is 11.6. The molecule has 3 aromatic rings. The van der Waals surface area contributed by atoms with Gasteiger partial charge in [0.2, 0.25) is 11.8 Å². The predicted molar refractivity (Wildman–Crippen MR) is 130 cm³/mol. The van der Waals surface area contributed by atoms with Gasteiger partial charge >= 0.3 is 0 Å². The molecule has 0 aliphatic carbocycles. The fourth-order valence-electron chi connectivity index (χ4n) is 3.89. The number of carbonyl (C=O) groups is 3. The van der Waals surface area contributed by atoms with Crippen LogP contribution in [0.15, 0.2) is 47.3 Å². The molecular weight excluding hydrogens is 450 g/mol. The van der Waals surface area contributed by atoms with E-state index in [0.717, 1.165) is 11.3 Å². The van der Waals surface area contributed by atoms with Crippen molar-refractivity contribution in [2.75, 3.05) is 11.9 Å². The quantitative estimate of drug-likeness (QED) is 0.337. The lowest BCUT2D eigenvalue weighted by Gasteiger charge is -2.17. The fraction of sp³-hybridized carbons (Fsp3) is 0.320. The summed E-state index contributed by atoms with van der Waals surface area (Å²) in [6, 6.07) is 12.2. The van der Waals surface area contributed by atoms with Crippen LogP contribution in [0.3, 0.4) is 0 Å². The summed E-state index contributed by atoms with van der Waals surface area (Å²) in [5.74, 6) is -0.289. The van der Waals surface area contributed by atoms with Crippen LogP contribution < -0.4 is 26.5 Å². The molecule has 182 valence electrons. The second kappa shape index (κ2) is 10.8. The molecule has 35 heavy (non-hydrogen) atoms. The lowest BCUT2D eigenvalue weighted by atomic mass is 10.0. The molecule has 1 aromatic heterocycles. The van der Waals surface area contributed by atoms with Gasteiger partial charge in [0.15, 0.2) is 5.69 Å². The number of carbonyl (C=O) groups excluding carboxylic acids is 3. The summed E-state index contributed by atoms with van der Waals surface area (Å²) >= 11 is 0. The molecule has 0 unspecified atom stereocenters. The molecule has 0 saturated carbocycles. The van der Waals surface area contributed by atoms with Gasteiger partial charge in [0.05, 0.1) is 12.0 Å². The number of hydrazine groups is 1. The summed E-state index contributed by atoms with van der Waals surface area (Å²) < 4.78 is 6.99. The van der Waals surface area contributed by atoms with E-state index in [1.165, 1.54) is 4.68 Å². The van der Waals surface area contributed by atoms with Crippen molar-refractivity contribution in [1.29, 1.82) is 0 Å². The van der Waals surface area contributed by atoms with Gasteiger partial charge in [-0.25, -0.2) is 4.68 Å². The van der Waals surface area contributed by atoms with Crippen LogP contribution in [0.4, 0.5) is 5.69 Å². The van der Waals surface area contributed by atoms with Gasteiger partial charge in [0.25, 0.3) is 11.5 Å². The minimum Gasteiger partial charge on any atom is -0.494 e. The Morgan fingerprint density at radius 2 is 1.89 bits per heavy atom. The molecule has 2 heterocycles. The number of rotatable bonds is 8. The maximum atomic E-state index is 12.7. The highest BCUT2D eigenvalue weighted by Crippen LogP contribution is 2.26. The van der Waals surface area contributed by atoms with E-state index >= 15 is 0 Å². The van der Waals surface area contributed by atoms with Gasteiger partial charge in [0, 0.05) is 30.5 Å². The van der Waals surface area contributed by atoms with Crippen LogP contribution in [0, 0.1) is 0 Å². The van der Waals surface area contributed by atoms with Gasteiger partial charge in [-0.3, -0.25) is 30.0 Å². The van der Waals surface area contributed by atoms with Crippen LogP contribution in [0.1, 0.15) is 48.7 Å². The number of aromatic nitrogens is 2. The van der Waals surface area contributed by atoms with Crippen molar-refractivity contribution in [1.82, 2.24) is 20.6 Å². The zero-order chi connectivity index (χ0) is 24.8. The lowest BCUT2D eigenvalue weighted by molar-refractivity contribution is -0.122. The van der Waals surface area contributed by atoms with E-state index in [4.69, 9.17) is 4.74 Å². The Morgan fingerprint density at radius 1 is 1.09 bits per heavy atom. The highest BCUT2D eigenvalue weighted by atomic mass is 16.5. The molecule has 0 fully saturated rings. The van der Waals surface area contributed by atoms with Crippen LogP contribution in [0.5, 0.6) is 5.75 Å². The monoisotopic (exact) mass is 477 g/mol. The number of aryl methyl sites for hydroxylation is 2. The fourth-order valence-corrected chi connectivity index (χ4v) is 3.89. The Labute approximate surface area is 201 Å². The molecule has 3 amide bonds. The molecule has 4 rings (SSSR count). The summed E-state index contributed by atoms with van der Waals surface area (Å²) in [5.41, 5.74) is 6.41. The predicted octanol–water partition coefficient (Wildman–Crippen LogP) is 2.31. The summed E-state index contributed by atoms with van der Waals surface area (Å²) in [6.07, 6.45) is 2.39. The Bertz CT molecular complexity index is 1330. The number of amides is 3. The zero-order valence-corrected chi connectivity index (χ0v) is 19.4. The van der Waals surface area contributed by atoms with Gasteiger partial charge in [-0.05, 0) is 49.1 Å². The SMILES string of the molecule is CCCn1nc(C(=O)NNC(=O)CCCOc2ccc3c(c2)CCC(=O)N3)c2ccccc2c1=O. The molecular formula is C25H27N5O5. The molecule has 0 atom stereocenters. The third kappa shape index (κ3) is 5.65. The van der Waals surface area contributed by atoms with E-state index in [1.807, 2.05) is 19.1 Å². The number of nitrogens with one attached hydrogen (secondary N) is 3. The first-order valence-corrected chi connectivity index (χ1v) is 11.6. The zero-order valence-electron chi connectivity index (χ0n) is 19.4. The van der Waals surface area contributed by atoms with Gasteiger partial charge in [-0.15, -0.1) is 0 Å². The third-order valence-electron chi connectivity index (χ3n) is 5.62. The van der Waals surface area contributed by atoms with Crippen molar-refractivity contribution >= 4 is 34.2 Å². The first-order chi connectivity index (χ1) is 17.0. The molecule has 0 spiro atoms. The Kier molecular flexibility index (Phi) is 7.39. The van der Waals surface area contributed by atoms with Gasteiger partial charge < -0.3 is 10.1 Å². The minimum absolute atomic E-state index is 0.0100. The normalized spacial score (nSPS) is 12.5. The number of benzene rings is 2. The molecule has 10 heteroatoms. The van der Waals surface area contributed by atoms with E-state index in [9.17, 15) is 19.2 Å². The highest BCUT2D eigenvalue weighted by molar-refractivity contribution is 6.05. The average Bonchev–Trinajstić information content (AvgIpc) is 2.87. The van der Waals surface area contributed by atoms with Crippen molar-refractivity contribution < 1.29 is 19.1 Å². The number of hydrogen-bond donors (Lipinski definition) is 3. The Balaban J connectivity index is 1.28. The number of hydrogen-bond acceptors (Lipinski definition) is 6. The van der Waals surface area contributed by atoms with Crippen LogP contribution in [0.2, 0.25) is 0 Å². The molecule has 0 bridgehead atoms. The standard InChI is InChI=1S/C25H27N5O5/c1-2-13-30-25(34)19-7-4-3-6-18(19)23(29-30)24(33)28-27-22(32)8-5-14-35-17-10-11-20-16(15-17)9-12-21(31)26-20/h3-4,6-7,10-11,15H,2,5,8-9,12-14H2,1H3,(H,26,31)(H,27,32)(H,28,33). The van der Waals surface area contributed by atoms with Crippen molar-refractivity contribution in [3.05, 3.63) is 64.1 Å². The Hall–Kier alpha value is -4.21. The van der Waals surface area contributed by atoms with Crippen LogP contribution in [0.25, 0.3) is 10.8 Å².